The molecule has 9 heteroatoms. The molecule has 2 aromatic carbocycles. The smallest absolute Gasteiger partial charge is 0.341 e. The van der Waals surface area contributed by atoms with Crippen LogP contribution >= 0.6 is 0 Å². The number of rotatable bonds is 5. The molecule has 7 nitrogen and oxygen atoms in total. The van der Waals surface area contributed by atoms with Crippen LogP contribution in [0.2, 0.25) is 0 Å². The summed E-state index contributed by atoms with van der Waals surface area (Å²) >= 11 is 0. The van der Waals surface area contributed by atoms with Gasteiger partial charge in [-0.2, -0.15) is 0 Å². The fourth-order valence-corrected chi connectivity index (χ4v) is 4.82. The standard InChI is InChI=1S/C18H17FN2O5S/c19-11-1-4-15(9(5-11)7-20)27(24,25)21-14-3-2-12-13-6-10(13)8-26-17(12)16(14)18(22)23/h1-5,10,13,21H,6-8,20H2,(H,22,23)/t10-,13-/m0/s1. The van der Waals surface area contributed by atoms with Gasteiger partial charge in [-0.1, -0.05) is 6.07 Å². The number of hydrogen-bond acceptors (Lipinski definition) is 5. The number of sulfonamides is 1. The highest BCUT2D eigenvalue weighted by Crippen LogP contribution is 2.55. The first-order valence-electron chi connectivity index (χ1n) is 8.36. The van der Waals surface area contributed by atoms with E-state index in [4.69, 9.17) is 10.5 Å². The normalized spacial score (nSPS) is 20.2. The first kappa shape index (κ1) is 17.7. The van der Waals surface area contributed by atoms with Gasteiger partial charge in [-0.15, -0.1) is 0 Å². The van der Waals surface area contributed by atoms with Crippen molar-refractivity contribution in [2.24, 2.45) is 11.7 Å². The second-order valence-electron chi connectivity index (χ2n) is 6.69. The Kier molecular flexibility index (Phi) is 4.08. The third-order valence-electron chi connectivity index (χ3n) is 4.94. The SMILES string of the molecule is NCc1cc(F)ccc1S(=O)(=O)Nc1ccc2c(c1C(=O)O)OC[C@@H]1C[C@H]21. The zero-order chi connectivity index (χ0) is 19.3. The molecule has 0 radical (unpaired) electrons. The maximum atomic E-state index is 13.4. The maximum Gasteiger partial charge on any atom is 0.341 e. The summed E-state index contributed by atoms with van der Waals surface area (Å²) in [5, 5.41) is 9.64. The number of halogens is 1. The van der Waals surface area contributed by atoms with E-state index in [1.807, 2.05) is 0 Å². The Morgan fingerprint density at radius 3 is 2.81 bits per heavy atom. The number of aromatic carboxylic acids is 1. The van der Waals surface area contributed by atoms with E-state index in [1.54, 1.807) is 6.07 Å². The first-order chi connectivity index (χ1) is 12.8. The molecule has 1 aliphatic carbocycles. The van der Waals surface area contributed by atoms with Gasteiger partial charge in [0, 0.05) is 12.5 Å². The lowest BCUT2D eigenvalue weighted by Gasteiger charge is -2.21. The number of nitrogens with one attached hydrogen (secondary N) is 1. The summed E-state index contributed by atoms with van der Waals surface area (Å²) in [7, 11) is -4.17. The van der Waals surface area contributed by atoms with Crippen molar-refractivity contribution >= 4 is 21.7 Å². The van der Waals surface area contributed by atoms with Crippen molar-refractivity contribution in [1.82, 2.24) is 0 Å². The van der Waals surface area contributed by atoms with Gasteiger partial charge in [0.05, 0.1) is 17.2 Å². The average molecular weight is 392 g/mol. The van der Waals surface area contributed by atoms with Gasteiger partial charge in [-0.05, 0) is 47.7 Å². The lowest BCUT2D eigenvalue weighted by molar-refractivity contribution is 0.0692. The van der Waals surface area contributed by atoms with Gasteiger partial charge in [-0.25, -0.2) is 17.6 Å². The zero-order valence-electron chi connectivity index (χ0n) is 14.1. The third kappa shape index (κ3) is 3.02. The van der Waals surface area contributed by atoms with Crippen LogP contribution in [0.1, 0.15) is 33.8 Å². The summed E-state index contributed by atoms with van der Waals surface area (Å²) in [5.41, 5.74) is 6.08. The van der Waals surface area contributed by atoms with Crippen molar-refractivity contribution in [2.75, 3.05) is 11.3 Å². The van der Waals surface area contributed by atoms with Crippen LogP contribution in [0.3, 0.4) is 0 Å². The van der Waals surface area contributed by atoms with E-state index in [1.165, 1.54) is 6.07 Å². The average Bonchev–Trinajstić information content (AvgIpc) is 3.40. The van der Waals surface area contributed by atoms with Gasteiger partial charge >= 0.3 is 5.97 Å². The molecule has 1 saturated carbocycles. The van der Waals surface area contributed by atoms with E-state index in [0.29, 0.717) is 12.5 Å². The molecule has 0 saturated heterocycles. The molecule has 4 N–H and O–H groups in total. The van der Waals surface area contributed by atoms with E-state index >= 15 is 0 Å². The van der Waals surface area contributed by atoms with Gasteiger partial charge in [0.15, 0.2) is 0 Å². The van der Waals surface area contributed by atoms with Crippen LogP contribution in [0.15, 0.2) is 35.2 Å². The molecule has 1 heterocycles. The Balaban J connectivity index is 1.77. The van der Waals surface area contributed by atoms with Crippen molar-refractivity contribution < 1.29 is 27.4 Å². The molecule has 0 amide bonds. The lowest BCUT2D eigenvalue weighted by Crippen LogP contribution is -2.20. The van der Waals surface area contributed by atoms with E-state index in [-0.39, 0.29) is 39.9 Å². The molecule has 0 unspecified atom stereocenters. The third-order valence-corrected chi connectivity index (χ3v) is 6.41. The highest BCUT2D eigenvalue weighted by molar-refractivity contribution is 7.92. The number of carbonyl (C=O) groups is 1. The second-order valence-corrected chi connectivity index (χ2v) is 8.34. The van der Waals surface area contributed by atoms with Gasteiger partial charge in [0.25, 0.3) is 10.0 Å². The summed E-state index contributed by atoms with van der Waals surface area (Å²) in [5.74, 6) is -1.03. The van der Waals surface area contributed by atoms with E-state index < -0.39 is 21.8 Å². The van der Waals surface area contributed by atoms with Gasteiger partial charge in [-0.3, -0.25) is 4.72 Å². The number of ether oxygens (including phenoxy) is 1. The molecule has 2 aromatic rings. The van der Waals surface area contributed by atoms with Gasteiger partial charge in [0.1, 0.15) is 17.1 Å². The van der Waals surface area contributed by atoms with Crippen LogP contribution in [0.25, 0.3) is 0 Å². The molecular formula is C18H17FN2O5S. The lowest BCUT2D eigenvalue weighted by atomic mass is 10.0. The van der Waals surface area contributed by atoms with Crippen molar-refractivity contribution in [3.8, 4) is 5.75 Å². The molecule has 1 fully saturated rings. The maximum absolute atomic E-state index is 13.4. The van der Waals surface area contributed by atoms with E-state index in [0.717, 1.165) is 30.2 Å². The van der Waals surface area contributed by atoms with Crippen molar-refractivity contribution in [3.05, 3.63) is 52.8 Å². The molecule has 0 aromatic heterocycles. The largest absolute Gasteiger partial charge is 0.492 e. The van der Waals surface area contributed by atoms with Crippen molar-refractivity contribution in [2.45, 2.75) is 23.8 Å². The first-order valence-corrected chi connectivity index (χ1v) is 9.84. The number of anilines is 1. The van der Waals surface area contributed by atoms with Crippen LogP contribution in [0, 0.1) is 11.7 Å². The van der Waals surface area contributed by atoms with Crippen LogP contribution in [-0.2, 0) is 16.6 Å². The van der Waals surface area contributed by atoms with E-state index in [2.05, 4.69) is 4.72 Å². The fraction of sp³-hybridized carbons (Fsp3) is 0.278. The van der Waals surface area contributed by atoms with Crippen LogP contribution in [0.5, 0.6) is 5.75 Å². The molecule has 4 rings (SSSR count). The number of carboxylic acids is 1. The van der Waals surface area contributed by atoms with Crippen LogP contribution in [-0.4, -0.2) is 26.1 Å². The second kappa shape index (κ2) is 6.21. The summed E-state index contributed by atoms with van der Waals surface area (Å²) < 4.78 is 46.9. The van der Waals surface area contributed by atoms with Gasteiger partial charge < -0.3 is 15.6 Å². The fourth-order valence-electron chi connectivity index (χ4n) is 3.52. The summed E-state index contributed by atoms with van der Waals surface area (Å²) in [6.45, 7) is 0.236. The molecule has 0 bridgehead atoms. The Morgan fingerprint density at radius 2 is 2.11 bits per heavy atom. The Morgan fingerprint density at radius 1 is 1.33 bits per heavy atom. The number of fused-ring (bicyclic) bond motifs is 3. The zero-order valence-corrected chi connectivity index (χ0v) is 14.9. The monoisotopic (exact) mass is 392 g/mol. The van der Waals surface area contributed by atoms with Crippen LogP contribution < -0.4 is 15.2 Å². The quantitative estimate of drug-likeness (QED) is 0.718. The van der Waals surface area contributed by atoms with Gasteiger partial charge in [0.2, 0.25) is 0 Å². The van der Waals surface area contributed by atoms with E-state index in [9.17, 15) is 22.7 Å². The highest BCUT2D eigenvalue weighted by atomic mass is 32.2. The highest BCUT2D eigenvalue weighted by Gasteiger charge is 2.45. The predicted molar refractivity (Wildman–Crippen MR) is 94.8 cm³/mol. The van der Waals surface area contributed by atoms with Crippen molar-refractivity contribution in [1.29, 1.82) is 0 Å². The van der Waals surface area contributed by atoms with Crippen molar-refractivity contribution in [3.63, 3.8) is 0 Å². The number of hydrogen-bond donors (Lipinski definition) is 3. The summed E-state index contributed by atoms with van der Waals surface area (Å²) in [6, 6.07) is 6.27. The molecule has 142 valence electrons. The molecule has 2 atom stereocenters. The Bertz CT molecular complexity index is 1050. The minimum atomic E-state index is -4.17. The Hall–Kier alpha value is -2.65. The minimum absolute atomic E-state index is 0.0920. The topological polar surface area (TPSA) is 119 Å². The number of nitrogens with two attached hydrogens (primary N) is 1. The minimum Gasteiger partial charge on any atom is -0.492 e. The van der Waals surface area contributed by atoms with Crippen LogP contribution in [0.4, 0.5) is 10.1 Å². The Labute approximate surface area is 155 Å². The molecule has 2 aliphatic rings. The predicted octanol–water partition coefficient (Wildman–Crippen LogP) is 2.28. The number of benzene rings is 2. The number of carboxylic acid groups (broad SMARTS) is 1. The molecule has 27 heavy (non-hydrogen) atoms. The summed E-state index contributed by atoms with van der Waals surface area (Å²) in [6.07, 6.45) is 0.937. The molecule has 0 spiro atoms. The summed E-state index contributed by atoms with van der Waals surface area (Å²) in [4.78, 5) is 11.6. The molecular weight excluding hydrogens is 375 g/mol. The molecule has 1 aliphatic heterocycles.